The Bertz CT molecular complexity index is 815. The van der Waals surface area contributed by atoms with Gasteiger partial charge in [-0.2, -0.15) is 13.2 Å². The van der Waals surface area contributed by atoms with Gasteiger partial charge in [-0.15, -0.1) is 0 Å². The molecule has 0 atom stereocenters. The summed E-state index contributed by atoms with van der Waals surface area (Å²) >= 11 is 0. The predicted molar refractivity (Wildman–Crippen MR) is 98.4 cm³/mol. The summed E-state index contributed by atoms with van der Waals surface area (Å²) in [6, 6.07) is 14.0. The van der Waals surface area contributed by atoms with Crippen LogP contribution >= 0.6 is 0 Å². The molecular weight excluding hydrogens is 371 g/mol. The Morgan fingerprint density at radius 2 is 1.50 bits per heavy atom. The minimum absolute atomic E-state index is 0.147. The van der Waals surface area contributed by atoms with Gasteiger partial charge >= 0.3 is 18.0 Å². The Kier molecular flexibility index (Phi) is 5.99. The number of nitrogens with one attached hydrogen (secondary N) is 1. The first-order chi connectivity index (χ1) is 13.3. The van der Waals surface area contributed by atoms with Gasteiger partial charge in [-0.05, 0) is 29.8 Å². The van der Waals surface area contributed by atoms with Crippen molar-refractivity contribution in [2.75, 3.05) is 31.5 Å². The van der Waals surface area contributed by atoms with Crippen LogP contribution < -0.4 is 5.32 Å². The second-order valence-electron chi connectivity index (χ2n) is 6.58. The largest absolute Gasteiger partial charge is 0.416 e. The van der Waals surface area contributed by atoms with Crippen LogP contribution in [0, 0.1) is 0 Å². The first kappa shape index (κ1) is 19.9. The molecule has 3 rings (SSSR count). The van der Waals surface area contributed by atoms with Gasteiger partial charge in [0.1, 0.15) is 0 Å². The van der Waals surface area contributed by atoms with Gasteiger partial charge in [0, 0.05) is 38.4 Å². The van der Waals surface area contributed by atoms with Crippen LogP contribution in [0.15, 0.2) is 54.6 Å². The van der Waals surface area contributed by atoms with Crippen LogP contribution in [-0.2, 0) is 22.3 Å². The van der Waals surface area contributed by atoms with E-state index in [1.54, 1.807) is 0 Å². The van der Waals surface area contributed by atoms with Crippen molar-refractivity contribution in [1.82, 2.24) is 9.80 Å². The molecule has 0 aromatic heterocycles. The summed E-state index contributed by atoms with van der Waals surface area (Å²) in [7, 11) is 0. The Hall–Kier alpha value is -2.87. The maximum absolute atomic E-state index is 12.6. The van der Waals surface area contributed by atoms with Crippen LogP contribution in [0.5, 0.6) is 0 Å². The van der Waals surface area contributed by atoms with Crippen molar-refractivity contribution in [2.45, 2.75) is 12.7 Å². The lowest BCUT2D eigenvalue weighted by Gasteiger charge is -2.34. The van der Waals surface area contributed by atoms with Crippen LogP contribution in [0.4, 0.5) is 18.9 Å². The molecule has 2 aromatic rings. The first-order valence-electron chi connectivity index (χ1n) is 8.87. The van der Waals surface area contributed by atoms with Crippen molar-refractivity contribution < 1.29 is 22.8 Å². The highest BCUT2D eigenvalue weighted by molar-refractivity contribution is 6.39. The van der Waals surface area contributed by atoms with Gasteiger partial charge in [-0.3, -0.25) is 14.5 Å². The van der Waals surface area contributed by atoms with Gasteiger partial charge in [0.15, 0.2) is 0 Å². The summed E-state index contributed by atoms with van der Waals surface area (Å²) < 4.78 is 37.7. The molecule has 8 heteroatoms. The highest BCUT2D eigenvalue weighted by atomic mass is 19.4. The monoisotopic (exact) mass is 391 g/mol. The minimum atomic E-state index is -4.45. The van der Waals surface area contributed by atoms with E-state index < -0.39 is 23.6 Å². The highest BCUT2D eigenvalue weighted by Gasteiger charge is 2.30. The van der Waals surface area contributed by atoms with E-state index in [0.717, 1.165) is 30.8 Å². The molecule has 0 unspecified atom stereocenters. The maximum Gasteiger partial charge on any atom is 0.416 e. The molecule has 0 bridgehead atoms. The van der Waals surface area contributed by atoms with Crippen LogP contribution in [0.2, 0.25) is 0 Å². The molecule has 0 radical (unpaired) electrons. The number of halogens is 3. The number of carbonyl (C=O) groups excluding carboxylic acids is 2. The Morgan fingerprint density at radius 3 is 2.07 bits per heavy atom. The average Bonchev–Trinajstić information content (AvgIpc) is 2.68. The van der Waals surface area contributed by atoms with Crippen molar-refractivity contribution in [1.29, 1.82) is 0 Å². The quantitative estimate of drug-likeness (QED) is 0.819. The number of piperazine rings is 1. The number of nitrogens with zero attached hydrogens (tertiary/aromatic N) is 2. The number of anilines is 1. The van der Waals surface area contributed by atoms with E-state index in [-0.39, 0.29) is 5.69 Å². The maximum atomic E-state index is 12.6. The molecular formula is C20H20F3N3O2. The third kappa shape index (κ3) is 5.10. The van der Waals surface area contributed by atoms with Crippen LogP contribution in [-0.4, -0.2) is 47.8 Å². The first-order valence-corrected chi connectivity index (χ1v) is 8.87. The zero-order valence-corrected chi connectivity index (χ0v) is 15.1. The lowest BCUT2D eigenvalue weighted by Crippen LogP contribution is -2.51. The molecule has 5 nitrogen and oxygen atoms in total. The lowest BCUT2D eigenvalue weighted by atomic mass is 10.2. The fourth-order valence-corrected chi connectivity index (χ4v) is 3.02. The van der Waals surface area contributed by atoms with Gasteiger partial charge in [0.05, 0.1) is 5.56 Å². The van der Waals surface area contributed by atoms with Gasteiger partial charge in [0.25, 0.3) is 0 Å². The normalized spacial score (nSPS) is 15.3. The highest BCUT2D eigenvalue weighted by Crippen LogP contribution is 2.29. The van der Waals surface area contributed by atoms with Crippen molar-refractivity contribution >= 4 is 17.5 Å². The fraction of sp³-hybridized carbons (Fsp3) is 0.300. The molecule has 1 N–H and O–H groups in total. The molecule has 0 saturated carbocycles. The van der Waals surface area contributed by atoms with Gasteiger partial charge in [0.2, 0.25) is 0 Å². The van der Waals surface area contributed by atoms with E-state index in [9.17, 15) is 22.8 Å². The summed E-state index contributed by atoms with van der Waals surface area (Å²) in [5, 5.41) is 2.36. The van der Waals surface area contributed by atoms with E-state index in [2.05, 4.69) is 10.2 Å². The third-order valence-corrected chi connectivity index (χ3v) is 4.57. The number of carbonyl (C=O) groups is 2. The van der Waals surface area contributed by atoms with Crippen molar-refractivity contribution in [3.05, 3.63) is 65.7 Å². The summed E-state index contributed by atoms with van der Waals surface area (Å²) in [4.78, 5) is 28.1. The van der Waals surface area contributed by atoms with E-state index in [0.29, 0.717) is 26.2 Å². The van der Waals surface area contributed by atoms with E-state index in [1.807, 2.05) is 30.3 Å². The predicted octanol–water partition coefficient (Wildman–Crippen LogP) is 2.99. The molecule has 0 spiro atoms. The molecule has 28 heavy (non-hydrogen) atoms. The lowest BCUT2D eigenvalue weighted by molar-refractivity contribution is -0.144. The number of rotatable bonds is 3. The molecule has 1 heterocycles. The fourth-order valence-electron chi connectivity index (χ4n) is 3.02. The average molecular weight is 391 g/mol. The topological polar surface area (TPSA) is 52.7 Å². The van der Waals surface area contributed by atoms with Gasteiger partial charge < -0.3 is 10.2 Å². The molecule has 0 aliphatic carbocycles. The standard InChI is InChI=1S/C20H20F3N3O2/c21-20(22,23)16-6-8-17(9-7-16)24-18(27)19(28)26-12-10-25(11-13-26)14-15-4-2-1-3-5-15/h1-9H,10-14H2,(H,24,27). The molecule has 1 saturated heterocycles. The zero-order valence-electron chi connectivity index (χ0n) is 15.1. The van der Waals surface area contributed by atoms with E-state index in [1.165, 1.54) is 10.5 Å². The Balaban J connectivity index is 1.50. The molecule has 2 amide bonds. The summed E-state index contributed by atoms with van der Waals surface area (Å²) in [5.41, 5.74) is 0.516. The van der Waals surface area contributed by atoms with Gasteiger partial charge in [-0.1, -0.05) is 30.3 Å². The third-order valence-electron chi connectivity index (χ3n) is 4.57. The Labute approximate surface area is 160 Å². The molecule has 1 aliphatic heterocycles. The molecule has 1 fully saturated rings. The van der Waals surface area contributed by atoms with Crippen molar-refractivity contribution in [3.63, 3.8) is 0 Å². The van der Waals surface area contributed by atoms with Crippen LogP contribution in [0.3, 0.4) is 0 Å². The second kappa shape index (κ2) is 8.43. The van der Waals surface area contributed by atoms with E-state index in [4.69, 9.17) is 0 Å². The van der Waals surface area contributed by atoms with E-state index >= 15 is 0 Å². The zero-order chi connectivity index (χ0) is 20.1. The Morgan fingerprint density at radius 1 is 0.893 bits per heavy atom. The second-order valence-corrected chi connectivity index (χ2v) is 6.58. The summed E-state index contributed by atoms with van der Waals surface area (Å²) in [6.45, 7) is 2.92. The number of hydrogen-bond donors (Lipinski definition) is 1. The van der Waals surface area contributed by atoms with Crippen LogP contribution in [0.1, 0.15) is 11.1 Å². The molecule has 1 aliphatic rings. The minimum Gasteiger partial charge on any atom is -0.332 e. The SMILES string of the molecule is O=C(Nc1ccc(C(F)(F)F)cc1)C(=O)N1CCN(Cc2ccccc2)CC1. The molecule has 2 aromatic carbocycles. The number of hydrogen-bond acceptors (Lipinski definition) is 3. The molecule has 148 valence electrons. The van der Waals surface area contributed by atoms with Crippen molar-refractivity contribution in [3.8, 4) is 0 Å². The number of benzene rings is 2. The summed E-state index contributed by atoms with van der Waals surface area (Å²) in [6.07, 6.45) is -4.45. The van der Waals surface area contributed by atoms with Gasteiger partial charge in [-0.25, -0.2) is 0 Å². The number of amides is 2. The van der Waals surface area contributed by atoms with Crippen molar-refractivity contribution in [2.24, 2.45) is 0 Å². The number of alkyl halides is 3. The smallest absolute Gasteiger partial charge is 0.332 e. The van der Waals surface area contributed by atoms with Crippen LogP contribution in [0.25, 0.3) is 0 Å². The summed E-state index contributed by atoms with van der Waals surface area (Å²) in [5.74, 6) is -1.53.